The third-order valence-electron chi connectivity index (χ3n) is 4.99. The summed E-state index contributed by atoms with van der Waals surface area (Å²) in [7, 11) is 1.59. The van der Waals surface area contributed by atoms with Crippen LogP contribution in [0.2, 0.25) is 0 Å². The first-order valence-corrected chi connectivity index (χ1v) is 9.14. The average molecular weight is 383 g/mol. The minimum absolute atomic E-state index is 0.0916. The van der Waals surface area contributed by atoms with E-state index in [9.17, 15) is 14.7 Å². The van der Waals surface area contributed by atoms with Crippen molar-refractivity contribution in [2.24, 2.45) is 15.2 Å². The molecule has 1 fully saturated rings. The summed E-state index contributed by atoms with van der Waals surface area (Å²) < 4.78 is 0. The van der Waals surface area contributed by atoms with Gasteiger partial charge >= 0.3 is 6.03 Å². The summed E-state index contributed by atoms with van der Waals surface area (Å²) in [6.45, 7) is 2.61. The second kappa shape index (κ2) is 6.95. The molecule has 0 bridgehead atoms. The summed E-state index contributed by atoms with van der Waals surface area (Å²) in [5, 5.41) is 21.7. The Balaban J connectivity index is 1.69. The second-order valence-corrected chi connectivity index (χ2v) is 6.81. The average Bonchev–Trinajstić information content (AvgIpc) is 3.20. The Labute approximate surface area is 160 Å². The van der Waals surface area contributed by atoms with Crippen LogP contribution in [0.15, 0.2) is 39.5 Å². The molecule has 2 unspecified atom stereocenters. The van der Waals surface area contributed by atoms with E-state index in [0.717, 1.165) is 23.7 Å². The molecule has 10 nitrogen and oxygen atoms in total. The minimum Gasteiger partial charge on any atom is -0.493 e. The highest BCUT2D eigenvalue weighted by molar-refractivity contribution is 6.04. The van der Waals surface area contributed by atoms with Gasteiger partial charge in [-0.1, -0.05) is 31.5 Å². The number of unbranched alkanes of at least 4 members (excludes halogenated alkanes) is 1. The molecule has 0 saturated carbocycles. The Morgan fingerprint density at radius 2 is 2.04 bits per heavy atom. The highest BCUT2D eigenvalue weighted by Crippen LogP contribution is 2.35. The highest BCUT2D eigenvalue weighted by Gasteiger charge is 2.48. The number of aromatic nitrogens is 1. The van der Waals surface area contributed by atoms with E-state index in [4.69, 9.17) is 0 Å². The van der Waals surface area contributed by atoms with Gasteiger partial charge in [0.15, 0.2) is 17.9 Å². The SMILES string of the molecule is CCCCN1C(N=Nc2c(O)[nH]c3ccccc23)=NC2C1C(=O)NC(=O)N2C. The van der Waals surface area contributed by atoms with Gasteiger partial charge in [0.25, 0.3) is 5.91 Å². The van der Waals surface area contributed by atoms with Crippen LogP contribution in [0.1, 0.15) is 19.8 Å². The van der Waals surface area contributed by atoms with E-state index < -0.39 is 24.1 Å². The van der Waals surface area contributed by atoms with Gasteiger partial charge in [-0.15, -0.1) is 10.2 Å². The summed E-state index contributed by atoms with van der Waals surface area (Å²) in [5.74, 6) is -0.218. The lowest BCUT2D eigenvalue weighted by Gasteiger charge is -2.35. The van der Waals surface area contributed by atoms with Crippen molar-refractivity contribution in [2.45, 2.75) is 32.0 Å². The summed E-state index contributed by atoms with van der Waals surface area (Å²) >= 11 is 0. The lowest BCUT2D eigenvalue weighted by Crippen LogP contribution is -2.63. The molecular formula is C18H21N7O3. The van der Waals surface area contributed by atoms with Gasteiger partial charge in [-0.05, 0) is 12.5 Å². The molecule has 4 rings (SSSR count). The molecule has 28 heavy (non-hydrogen) atoms. The summed E-state index contributed by atoms with van der Waals surface area (Å²) in [4.78, 5) is 34.8. The Morgan fingerprint density at radius 1 is 1.25 bits per heavy atom. The van der Waals surface area contributed by atoms with Gasteiger partial charge in [0.05, 0.1) is 5.52 Å². The van der Waals surface area contributed by atoms with Crippen molar-refractivity contribution in [1.29, 1.82) is 0 Å². The standard InChI is InChI=1S/C18H21N7O3/c1-3-4-9-25-13-14(24(2)18(28)21-16(13)27)20-17(25)23-22-12-10-7-5-6-8-11(10)19-15(12)26/h5-8,13-14,19,26H,3-4,9H2,1-2H3,(H,21,27,28). The van der Waals surface area contributed by atoms with E-state index in [1.807, 2.05) is 31.2 Å². The number of urea groups is 1. The molecule has 3 heterocycles. The molecule has 2 aliphatic heterocycles. The number of hydrogen-bond donors (Lipinski definition) is 3. The molecule has 146 valence electrons. The van der Waals surface area contributed by atoms with Crippen molar-refractivity contribution in [1.82, 2.24) is 20.1 Å². The number of nitrogens with one attached hydrogen (secondary N) is 2. The fourth-order valence-corrected chi connectivity index (χ4v) is 3.47. The van der Waals surface area contributed by atoms with Crippen LogP contribution in [0, 0.1) is 0 Å². The predicted molar refractivity (Wildman–Crippen MR) is 102 cm³/mol. The molecule has 0 spiro atoms. The molecule has 2 aromatic rings. The fourth-order valence-electron chi connectivity index (χ4n) is 3.47. The smallest absolute Gasteiger partial charge is 0.325 e. The minimum atomic E-state index is -0.649. The number of guanidine groups is 1. The number of para-hydroxylation sites is 1. The monoisotopic (exact) mass is 383 g/mol. The zero-order valence-corrected chi connectivity index (χ0v) is 15.6. The number of hydrogen-bond acceptors (Lipinski definition) is 7. The number of nitrogens with zero attached hydrogens (tertiary/aromatic N) is 5. The zero-order valence-electron chi connectivity index (χ0n) is 15.6. The number of carbonyl (C=O) groups is 2. The molecule has 1 aromatic heterocycles. The normalized spacial score (nSPS) is 22.1. The van der Waals surface area contributed by atoms with Gasteiger partial charge in [0.2, 0.25) is 11.8 Å². The van der Waals surface area contributed by atoms with E-state index in [1.54, 1.807) is 11.9 Å². The highest BCUT2D eigenvalue weighted by atomic mass is 16.3. The van der Waals surface area contributed by atoms with Crippen LogP contribution in [0.4, 0.5) is 10.5 Å². The van der Waals surface area contributed by atoms with Crippen molar-refractivity contribution in [3.05, 3.63) is 24.3 Å². The van der Waals surface area contributed by atoms with E-state index >= 15 is 0 Å². The van der Waals surface area contributed by atoms with Gasteiger partial charge in [0, 0.05) is 19.0 Å². The molecule has 0 aliphatic carbocycles. The molecule has 1 saturated heterocycles. The number of rotatable bonds is 4. The molecular weight excluding hydrogens is 362 g/mol. The molecule has 0 radical (unpaired) electrons. The Hall–Kier alpha value is -3.43. The molecule has 3 N–H and O–H groups in total. The number of amides is 3. The quantitative estimate of drug-likeness (QED) is 0.700. The van der Waals surface area contributed by atoms with E-state index in [1.165, 1.54) is 4.90 Å². The van der Waals surface area contributed by atoms with Crippen LogP contribution in [-0.4, -0.2) is 63.6 Å². The van der Waals surface area contributed by atoms with Crippen LogP contribution < -0.4 is 5.32 Å². The maximum atomic E-state index is 12.4. The van der Waals surface area contributed by atoms with Crippen molar-refractivity contribution in [3.8, 4) is 5.88 Å². The van der Waals surface area contributed by atoms with Gasteiger partial charge in [-0.3, -0.25) is 10.1 Å². The van der Waals surface area contributed by atoms with Crippen molar-refractivity contribution < 1.29 is 14.7 Å². The molecule has 2 aliphatic rings. The first kappa shape index (κ1) is 18.0. The molecule has 1 aromatic carbocycles. The number of aromatic hydroxyl groups is 1. The van der Waals surface area contributed by atoms with Crippen LogP contribution >= 0.6 is 0 Å². The van der Waals surface area contributed by atoms with Crippen LogP contribution in [0.3, 0.4) is 0 Å². The number of azo groups is 1. The van der Waals surface area contributed by atoms with E-state index in [-0.39, 0.29) is 11.8 Å². The number of aliphatic imine (C=N–C) groups is 1. The predicted octanol–water partition coefficient (Wildman–Crippen LogP) is 2.31. The third-order valence-corrected chi connectivity index (χ3v) is 4.99. The van der Waals surface area contributed by atoms with Crippen molar-refractivity contribution in [2.75, 3.05) is 13.6 Å². The summed E-state index contributed by atoms with van der Waals surface area (Å²) in [6, 6.07) is 6.22. The van der Waals surface area contributed by atoms with Gasteiger partial charge < -0.3 is 19.9 Å². The maximum absolute atomic E-state index is 12.4. The Bertz CT molecular complexity index is 996. The van der Waals surface area contributed by atoms with E-state index in [0.29, 0.717) is 12.2 Å². The van der Waals surface area contributed by atoms with Crippen LogP contribution in [0.5, 0.6) is 5.88 Å². The number of aromatic amines is 1. The first-order chi connectivity index (χ1) is 13.5. The number of fused-ring (bicyclic) bond motifs is 2. The molecule has 3 amide bonds. The molecule has 10 heteroatoms. The van der Waals surface area contributed by atoms with Crippen LogP contribution in [-0.2, 0) is 4.79 Å². The van der Waals surface area contributed by atoms with Crippen molar-refractivity contribution >= 4 is 34.5 Å². The maximum Gasteiger partial charge on any atom is 0.325 e. The molecule has 2 atom stereocenters. The Kier molecular flexibility index (Phi) is 4.46. The summed E-state index contributed by atoms with van der Waals surface area (Å²) in [6.07, 6.45) is 1.11. The lowest BCUT2D eigenvalue weighted by molar-refractivity contribution is -0.127. The number of benzene rings is 1. The van der Waals surface area contributed by atoms with Crippen molar-refractivity contribution in [3.63, 3.8) is 0 Å². The Morgan fingerprint density at radius 3 is 2.82 bits per heavy atom. The van der Waals surface area contributed by atoms with Gasteiger partial charge in [0.1, 0.15) is 0 Å². The zero-order chi connectivity index (χ0) is 19.8. The van der Waals surface area contributed by atoms with Crippen LogP contribution in [0.25, 0.3) is 10.9 Å². The lowest BCUT2D eigenvalue weighted by atomic mass is 10.1. The van der Waals surface area contributed by atoms with Gasteiger partial charge in [-0.2, -0.15) is 0 Å². The largest absolute Gasteiger partial charge is 0.493 e. The fraction of sp³-hybridized carbons (Fsp3) is 0.389. The number of carbonyl (C=O) groups excluding carboxylic acids is 2. The third kappa shape index (κ3) is 2.86. The van der Waals surface area contributed by atoms with E-state index in [2.05, 4.69) is 25.5 Å². The first-order valence-electron chi connectivity index (χ1n) is 9.14. The number of likely N-dealkylation sites (N-methyl/N-ethyl adjacent to an activating group) is 1. The van der Waals surface area contributed by atoms with Gasteiger partial charge in [-0.25, -0.2) is 9.79 Å². The number of imide groups is 1. The second-order valence-electron chi connectivity index (χ2n) is 6.81. The summed E-state index contributed by atoms with van der Waals surface area (Å²) in [5.41, 5.74) is 1.04. The number of H-pyrrole nitrogens is 1. The topological polar surface area (TPSA) is 126 Å².